The highest BCUT2D eigenvalue weighted by Gasteiger charge is 2.16. The summed E-state index contributed by atoms with van der Waals surface area (Å²) >= 11 is 1.20. The molecule has 6 heteroatoms. The molecule has 138 valence electrons. The number of amides is 2. The molecule has 0 aliphatic rings. The van der Waals surface area contributed by atoms with E-state index < -0.39 is 0 Å². The lowest BCUT2D eigenvalue weighted by atomic mass is 10.1. The minimum Gasteiger partial charge on any atom is -0.347 e. The van der Waals surface area contributed by atoms with Crippen LogP contribution >= 0.6 is 11.3 Å². The number of aromatic nitrogens is 1. The number of nitrogens with zero attached hydrogens (tertiary/aromatic N) is 1. The molecule has 0 aliphatic heterocycles. The lowest BCUT2D eigenvalue weighted by Crippen LogP contribution is -2.22. The number of nitrogens with one attached hydrogen (secondary N) is 2. The van der Waals surface area contributed by atoms with Gasteiger partial charge in [0.25, 0.3) is 5.91 Å². The maximum atomic E-state index is 12.4. The van der Waals surface area contributed by atoms with Crippen LogP contribution in [0.15, 0.2) is 60.7 Å². The summed E-state index contributed by atoms with van der Waals surface area (Å²) in [7, 11) is 0. The minimum absolute atomic E-state index is 0.108. The van der Waals surface area contributed by atoms with E-state index in [-0.39, 0.29) is 11.8 Å². The Balaban J connectivity index is 1.53. The third-order valence-electron chi connectivity index (χ3n) is 4.03. The van der Waals surface area contributed by atoms with E-state index >= 15 is 0 Å². The largest absolute Gasteiger partial charge is 0.347 e. The predicted octanol–water partition coefficient (Wildman–Crippen LogP) is 3.95. The zero-order valence-electron chi connectivity index (χ0n) is 15.1. The fraction of sp³-hybridized carbons (Fsp3) is 0.190. The molecule has 0 aliphatic carbocycles. The second-order valence-corrected chi connectivity index (χ2v) is 7.13. The molecule has 0 spiro atoms. The fourth-order valence-electron chi connectivity index (χ4n) is 2.60. The van der Waals surface area contributed by atoms with Crippen molar-refractivity contribution in [3.8, 4) is 0 Å². The number of carbonyl (C=O) groups is 2. The number of aryl methyl sites for hydroxylation is 2. The highest BCUT2D eigenvalue weighted by molar-refractivity contribution is 7.17. The van der Waals surface area contributed by atoms with Crippen LogP contribution in [-0.4, -0.2) is 16.8 Å². The number of carbonyl (C=O) groups excluding carboxylic acids is 2. The topological polar surface area (TPSA) is 71.1 Å². The molecule has 0 atom stereocenters. The fourth-order valence-corrected chi connectivity index (χ4v) is 3.50. The molecule has 3 rings (SSSR count). The Labute approximate surface area is 162 Å². The van der Waals surface area contributed by atoms with Crippen molar-refractivity contribution < 1.29 is 9.59 Å². The average Bonchev–Trinajstić information content (AvgIpc) is 3.06. The summed E-state index contributed by atoms with van der Waals surface area (Å²) in [6.45, 7) is 2.23. The van der Waals surface area contributed by atoms with Crippen LogP contribution in [-0.2, 0) is 17.8 Å². The number of thiazole rings is 1. The van der Waals surface area contributed by atoms with E-state index in [4.69, 9.17) is 0 Å². The molecule has 0 radical (unpaired) electrons. The van der Waals surface area contributed by atoms with E-state index in [1.165, 1.54) is 11.3 Å². The predicted molar refractivity (Wildman–Crippen MR) is 108 cm³/mol. The van der Waals surface area contributed by atoms with E-state index in [0.717, 1.165) is 11.1 Å². The summed E-state index contributed by atoms with van der Waals surface area (Å²) in [5.41, 5.74) is 2.76. The third kappa shape index (κ3) is 5.49. The normalized spacial score (nSPS) is 10.4. The van der Waals surface area contributed by atoms with E-state index in [2.05, 4.69) is 15.6 Å². The Hall–Kier alpha value is -2.99. The molecule has 2 aromatic carbocycles. The maximum absolute atomic E-state index is 12.4. The molecule has 27 heavy (non-hydrogen) atoms. The Morgan fingerprint density at radius 3 is 2.26 bits per heavy atom. The first-order chi connectivity index (χ1) is 13.1. The van der Waals surface area contributed by atoms with Crippen molar-refractivity contribution in [3.05, 3.63) is 82.4 Å². The van der Waals surface area contributed by atoms with Gasteiger partial charge in [0.05, 0.1) is 5.69 Å². The van der Waals surface area contributed by atoms with Gasteiger partial charge in [0, 0.05) is 13.0 Å². The first-order valence-corrected chi connectivity index (χ1v) is 9.57. The van der Waals surface area contributed by atoms with Gasteiger partial charge in [-0.3, -0.25) is 9.59 Å². The summed E-state index contributed by atoms with van der Waals surface area (Å²) in [4.78, 5) is 29.4. The first-order valence-electron chi connectivity index (χ1n) is 8.75. The van der Waals surface area contributed by atoms with Gasteiger partial charge in [-0.05, 0) is 24.5 Å². The SMILES string of the molecule is Cc1nc(NC(=O)CCc2ccccc2)sc1C(=O)NCc1ccccc1. The van der Waals surface area contributed by atoms with Gasteiger partial charge < -0.3 is 10.6 Å². The zero-order chi connectivity index (χ0) is 19.1. The zero-order valence-corrected chi connectivity index (χ0v) is 15.9. The average molecular weight is 379 g/mol. The molecule has 5 nitrogen and oxygen atoms in total. The smallest absolute Gasteiger partial charge is 0.263 e. The van der Waals surface area contributed by atoms with Gasteiger partial charge in [-0.2, -0.15) is 0 Å². The molecule has 0 bridgehead atoms. The van der Waals surface area contributed by atoms with Gasteiger partial charge in [-0.25, -0.2) is 4.98 Å². The van der Waals surface area contributed by atoms with Crippen LogP contribution in [0, 0.1) is 6.92 Å². The Morgan fingerprint density at radius 2 is 1.59 bits per heavy atom. The third-order valence-corrected chi connectivity index (χ3v) is 5.10. The van der Waals surface area contributed by atoms with Crippen molar-refractivity contribution in [2.24, 2.45) is 0 Å². The number of hydrogen-bond acceptors (Lipinski definition) is 4. The van der Waals surface area contributed by atoms with Crippen LogP contribution in [0.1, 0.15) is 32.9 Å². The lowest BCUT2D eigenvalue weighted by molar-refractivity contribution is -0.116. The summed E-state index contributed by atoms with van der Waals surface area (Å²) in [5.74, 6) is -0.289. The highest BCUT2D eigenvalue weighted by atomic mass is 32.1. The van der Waals surface area contributed by atoms with Crippen molar-refractivity contribution in [2.75, 3.05) is 5.32 Å². The van der Waals surface area contributed by atoms with Crippen LogP contribution in [0.2, 0.25) is 0 Å². The van der Waals surface area contributed by atoms with Gasteiger partial charge in [-0.1, -0.05) is 72.0 Å². The summed E-state index contributed by atoms with van der Waals surface area (Å²) in [6.07, 6.45) is 1.04. The first kappa shape index (κ1) is 18.8. The molecule has 1 aromatic heterocycles. The van der Waals surface area contributed by atoms with Crippen molar-refractivity contribution >= 4 is 28.3 Å². The number of anilines is 1. The maximum Gasteiger partial charge on any atom is 0.263 e. The Morgan fingerprint density at radius 1 is 0.963 bits per heavy atom. The van der Waals surface area contributed by atoms with Gasteiger partial charge in [-0.15, -0.1) is 0 Å². The van der Waals surface area contributed by atoms with E-state index in [9.17, 15) is 9.59 Å². The van der Waals surface area contributed by atoms with Crippen molar-refractivity contribution in [1.29, 1.82) is 0 Å². The quantitative estimate of drug-likeness (QED) is 0.653. The summed E-state index contributed by atoms with van der Waals surface area (Å²) in [5, 5.41) is 6.13. The molecule has 0 fully saturated rings. The van der Waals surface area contributed by atoms with Crippen LogP contribution in [0.3, 0.4) is 0 Å². The number of hydrogen-bond donors (Lipinski definition) is 2. The van der Waals surface area contributed by atoms with E-state index in [1.807, 2.05) is 60.7 Å². The molecule has 0 saturated heterocycles. The van der Waals surface area contributed by atoms with Crippen LogP contribution in [0.25, 0.3) is 0 Å². The van der Waals surface area contributed by atoms with Crippen molar-refractivity contribution in [1.82, 2.24) is 10.3 Å². The van der Waals surface area contributed by atoms with Gasteiger partial charge in [0.2, 0.25) is 5.91 Å². The van der Waals surface area contributed by atoms with E-state index in [1.54, 1.807) is 6.92 Å². The molecular formula is C21H21N3O2S. The molecule has 0 unspecified atom stereocenters. The van der Waals surface area contributed by atoms with Gasteiger partial charge in [0.15, 0.2) is 5.13 Å². The summed E-state index contributed by atoms with van der Waals surface area (Å²) < 4.78 is 0. The molecular weight excluding hydrogens is 358 g/mol. The second kappa shape index (κ2) is 9.09. The lowest BCUT2D eigenvalue weighted by Gasteiger charge is -2.04. The highest BCUT2D eigenvalue weighted by Crippen LogP contribution is 2.23. The van der Waals surface area contributed by atoms with Crippen LogP contribution in [0.4, 0.5) is 5.13 Å². The van der Waals surface area contributed by atoms with Crippen LogP contribution < -0.4 is 10.6 Å². The molecule has 1 heterocycles. The Bertz CT molecular complexity index is 908. The molecule has 3 aromatic rings. The van der Waals surface area contributed by atoms with Gasteiger partial charge in [0.1, 0.15) is 4.88 Å². The van der Waals surface area contributed by atoms with Crippen LogP contribution in [0.5, 0.6) is 0 Å². The minimum atomic E-state index is -0.182. The standard InChI is InChI=1S/C21H21N3O2S/c1-15-19(20(26)22-14-17-10-6-3-7-11-17)27-21(23-15)24-18(25)13-12-16-8-4-2-5-9-16/h2-11H,12-14H2,1H3,(H,22,26)(H,23,24,25). The number of rotatable bonds is 7. The molecule has 2 N–H and O–H groups in total. The number of benzene rings is 2. The Kier molecular flexibility index (Phi) is 6.33. The van der Waals surface area contributed by atoms with Crippen molar-refractivity contribution in [3.63, 3.8) is 0 Å². The van der Waals surface area contributed by atoms with E-state index in [0.29, 0.717) is 35.1 Å². The van der Waals surface area contributed by atoms with Gasteiger partial charge >= 0.3 is 0 Å². The molecule has 0 saturated carbocycles. The summed E-state index contributed by atoms with van der Waals surface area (Å²) in [6, 6.07) is 19.6. The van der Waals surface area contributed by atoms with Crippen molar-refractivity contribution in [2.45, 2.75) is 26.3 Å². The second-order valence-electron chi connectivity index (χ2n) is 6.14. The molecule has 2 amide bonds. The monoisotopic (exact) mass is 379 g/mol.